The lowest BCUT2D eigenvalue weighted by molar-refractivity contribution is 0.268. The highest BCUT2D eigenvalue weighted by molar-refractivity contribution is 7.88. The number of aryl methyl sites for hydroxylation is 2. The average molecular weight is 363 g/mol. The van der Waals surface area contributed by atoms with Crippen molar-refractivity contribution in [3.63, 3.8) is 0 Å². The monoisotopic (exact) mass is 363 g/mol. The van der Waals surface area contributed by atoms with Crippen molar-refractivity contribution in [2.24, 2.45) is 0 Å². The molecule has 0 atom stereocenters. The van der Waals surface area contributed by atoms with Gasteiger partial charge in [-0.1, -0.05) is 35.0 Å². The maximum absolute atomic E-state index is 12.7. The van der Waals surface area contributed by atoms with E-state index in [9.17, 15) is 8.42 Å². The number of aromatic nitrogens is 1. The highest BCUT2D eigenvalue weighted by atomic mass is 32.2. The van der Waals surface area contributed by atoms with Gasteiger partial charge in [0.05, 0.1) is 11.4 Å². The molecule has 3 rings (SSSR count). The molecule has 1 saturated heterocycles. The van der Waals surface area contributed by atoms with Gasteiger partial charge in [0, 0.05) is 32.2 Å². The number of benzene rings is 1. The van der Waals surface area contributed by atoms with Crippen molar-refractivity contribution in [3.8, 4) is 0 Å². The molecule has 0 aliphatic carbocycles. The van der Waals surface area contributed by atoms with Crippen LogP contribution in [0.4, 0.5) is 0 Å². The predicted molar refractivity (Wildman–Crippen MR) is 96.5 cm³/mol. The molecular formula is C18H25N3O3S. The highest BCUT2D eigenvalue weighted by Gasteiger charge is 2.25. The molecule has 6 nitrogen and oxygen atoms in total. The van der Waals surface area contributed by atoms with Gasteiger partial charge in [-0.15, -0.1) is 0 Å². The first kappa shape index (κ1) is 18.1. The molecule has 0 saturated carbocycles. The third-order valence-corrected chi connectivity index (χ3v) is 6.32. The Morgan fingerprint density at radius 1 is 1.08 bits per heavy atom. The maximum Gasteiger partial charge on any atom is 0.218 e. The normalized spacial score (nSPS) is 17.5. The van der Waals surface area contributed by atoms with Crippen molar-refractivity contribution in [2.45, 2.75) is 32.6 Å². The van der Waals surface area contributed by atoms with E-state index in [4.69, 9.17) is 4.52 Å². The maximum atomic E-state index is 12.7. The Kier molecular flexibility index (Phi) is 5.56. The van der Waals surface area contributed by atoms with Crippen molar-refractivity contribution < 1.29 is 12.9 Å². The predicted octanol–water partition coefficient (Wildman–Crippen LogP) is 2.33. The summed E-state index contributed by atoms with van der Waals surface area (Å²) < 4.78 is 32.2. The van der Waals surface area contributed by atoms with Crippen LogP contribution >= 0.6 is 0 Å². The summed E-state index contributed by atoms with van der Waals surface area (Å²) in [6, 6.07) is 9.62. The molecule has 0 bridgehead atoms. The van der Waals surface area contributed by atoms with Gasteiger partial charge in [-0.05, 0) is 32.4 Å². The number of hydrogen-bond donors (Lipinski definition) is 0. The van der Waals surface area contributed by atoms with Crippen LogP contribution in [0.2, 0.25) is 0 Å². The second kappa shape index (κ2) is 7.68. The second-order valence-corrected chi connectivity index (χ2v) is 8.67. The smallest absolute Gasteiger partial charge is 0.218 e. The van der Waals surface area contributed by atoms with E-state index < -0.39 is 10.0 Å². The van der Waals surface area contributed by atoms with Gasteiger partial charge < -0.3 is 4.52 Å². The minimum Gasteiger partial charge on any atom is -0.361 e. The van der Waals surface area contributed by atoms with Crippen LogP contribution in [0.3, 0.4) is 0 Å². The van der Waals surface area contributed by atoms with Crippen LogP contribution in [-0.2, 0) is 22.3 Å². The average Bonchev–Trinajstić information content (AvgIpc) is 2.82. The van der Waals surface area contributed by atoms with Gasteiger partial charge in [-0.2, -0.15) is 0 Å². The SMILES string of the molecule is Cc1ccc(CS(=O)(=O)N2CCCN(Cc3cc(C)on3)CC2)cc1. The highest BCUT2D eigenvalue weighted by Crippen LogP contribution is 2.16. The van der Waals surface area contributed by atoms with Gasteiger partial charge >= 0.3 is 0 Å². The van der Waals surface area contributed by atoms with Crippen molar-refractivity contribution in [1.29, 1.82) is 0 Å². The zero-order valence-corrected chi connectivity index (χ0v) is 15.6. The Morgan fingerprint density at radius 3 is 2.52 bits per heavy atom. The number of nitrogens with zero attached hydrogens (tertiary/aromatic N) is 3. The van der Waals surface area contributed by atoms with Crippen LogP contribution in [0.5, 0.6) is 0 Å². The number of hydrogen-bond acceptors (Lipinski definition) is 5. The summed E-state index contributed by atoms with van der Waals surface area (Å²) in [5, 5.41) is 4.02. The van der Waals surface area contributed by atoms with Crippen molar-refractivity contribution in [3.05, 3.63) is 52.9 Å². The summed E-state index contributed by atoms with van der Waals surface area (Å²) in [6.07, 6.45) is 0.823. The molecule has 136 valence electrons. The van der Waals surface area contributed by atoms with E-state index in [0.717, 1.165) is 35.5 Å². The van der Waals surface area contributed by atoms with Crippen molar-refractivity contribution in [1.82, 2.24) is 14.4 Å². The molecule has 1 aromatic carbocycles. The summed E-state index contributed by atoms with van der Waals surface area (Å²) >= 11 is 0. The molecule has 0 amide bonds. The summed E-state index contributed by atoms with van der Waals surface area (Å²) in [4.78, 5) is 2.23. The lowest BCUT2D eigenvalue weighted by Gasteiger charge is -2.21. The van der Waals surface area contributed by atoms with E-state index in [1.165, 1.54) is 0 Å². The van der Waals surface area contributed by atoms with Crippen molar-refractivity contribution >= 4 is 10.0 Å². The van der Waals surface area contributed by atoms with E-state index in [1.54, 1.807) is 4.31 Å². The van der Waals surface area contributed by atoms with Crippen LogP contribution in [0.25, 0.3) is 0 Å². The molecule has 1 aliphatic rings. The molecule has 1 aliphatic heterocycles. The summed E-state index contributed by atoms with van der Waals surface area (Å²) in [5.41, 5.74) is 2.87. The zero-order chi connectivity index (χ0) is 17.9. The molecule has 0 spiro atoms. The third kappa shape index (κ3) is 4.90. The summed E-state index contributed by atoms with van der Waals surface area (Å²) in [6.45, 7) is 7.23. The number of sulfonamides is 1. The van der Waals surface area contributed by atoms with Gasteiger partial charge in [-0.3, -0.25) is 4.90 Å². The largest absolute Gasteiger partial charge is 0.361 e. The van der Waals surface area contributed by atoms with Crippen LogP contribution in [0.15, 0.2) is 34.9 Å². The molecule has 1 aromatic heterocycles. The van der Waals surface area contributed by atoms with Gasteiger partial charge in [-0.25, -0.2) is 12.7 Å². The fourth-order valence-corrected chi connectivity index (χ4v) is 4.65. The fraction of sp³-hybridized carbons (Fsp3) is 0.500. The Balaban J connectivity index is 1.60. The molecule has 25 heavy (non-hydrogen) atoms. The Morgan fingerprint density at radius 2 is 1.84 bits per heavy atom. The summed E-state index contributed by atoms with van der Waals surface area (Å²) in [5.74, 6) is 0.864. The molecule has 7 heteroatoms. The molecule has 0 radical (unpaired) electrons. The standard InChI is InChI=1S/C18H25N3O3S/c1-15-4-6-17(7-5-15)14-25(22,23)21-9-3-8-20(10-11-21)13-18-12-16(2)24-19-18/h4-7,12H,3,8-11,13-14H2,1-2H3. The molecule has 0 unspecified atom stereocenters. The van der Waals surface area contributed by atoms with Gasteiger partial charge in [0.1, 0.15) is 5.76 Å². The zero-order valence-electron chi connectivity index (χ0n) is 14.8. The van der Waals surface area contributed by atoms with Crippen LogP contribution in [0.1, 0.15) is 29.0 Å². The van der Waals surface area contributed by atoms with E-state index in [0.29, 0.717) is 26.2 Å². The molecule has 2 heterocycles. The van der Waals surface area contributed by atoms with Crippen molar-refractivity contribution in [2.75, 3.05) is 26.2 Å². The first-order chi connectivity index (χ1) is 11.9. The lowest BCUT2D eigenvalue weighted by atomic mass is 10.2. The molecule has 2 aromatic rings. The van der Waals surface area contributed by atoms with Crippen LogP contribution in [0, 0.1) is 13.8 Å². The molecular weight excluding hydrogens is 338 g/mol. The van der Waals surface area contributed by atoms with Gasteiger partial charge in [0.2, 0.25) is 10.0 Å². The van der Waals surface area contributed by atoms with Crippen LogP contribution < -0.4 is 0 Å². The summed E-state index contributed by atoms with van der Waals surface area (Å²) in [7, 11) is -3.29. The molecule has 0 N–H and O–H groups in total. The fourth-order valence-electron chi connectivity index (χ4n) is 3.09. The Hall–Kier alpha value is -1.70. The minimum absolute atomic E-state index is 0.0652. The second-order valence-electron chi connectivity index (χ2n) is 6.70. The van der Waals surface area contributed by atoms with E-state index in [2.05, 4.69) is 10.1 Å². The quantitative estimate of drug-likeness (QED) is 0.816. The minimum atomic E-state index is -3.29. The van der Waals surface area contributed by atoms with E-state index in [1.807, 2.05) is 44.2 Å². The van der Waals surface area contributed by atoms with Gasteiger partial charge in [0.15, 0.2) is 0 Å². The van der Waals surface area contributed by atoms with E-state index in [-0.39, 0.29) is 5.75 Å². The van der Waals surface area contributed by atoms with Crippen LogP contribution in [-0.4, -0.2) is 49.0 Å². The Labute approximate surface area is 149 Å². The van der Waals surface area contributed by atoms with Gasteiger partial charge in [0.25, 0.3) is 0 Å². The third-order valence-electron chi connectivity index (χ3n) is 4.47. The Bertz CT molecular complexity index is 799. The first-order valence-electron chi connectivity index (χ1n) is 8.60. The molecule has 1 fully saturated rings. The lowest BCUT2D eigenvalue weighted by Crippen LogP contribution is -2.35. The first-order valence-corrected chi connectivity index (χ1v) is 10.2. The topological polar surface area (TPSA) is 66.7 Å². The number of rotatable bonds is 5. The van der Waals surface area contributed by atoms with E-state index >= 15 is 0 Å².